The summed E-state index contributed by atoms with van der Waals surface area (Å²) in [6.45, 7) is 0.466. The Morgan fingerprint density at radius 2 is 1.88 bits per heavy atom. The summed E-state index contributed by atoms with van der Waals surface area (Å²) in [6, 6.07) is 12.3. The Morgan fingerprint density at radius 1 is 1.12 bits per heavy atom. The molecule has 1 aromatic heterocycles. The van der Waals surface area contributed by atoms with Crippen LogP contribution in [0.3, 0.4) is 0 Å². The van der Waals surface area contributed by atoms with Crippen molar-refractivity contribution in [3.8, 4) is 0 Å². The van der Waals surface area contributed by atoms with Crippen molar-refractivity contribution < 1.29 is 9.59 Å². The van der Waals surface area contributed by atoms with Crippen LogP contribution in [-0.2, 0) is 16.1 Å². The predicted molar refractivity (Wildman–Crippen MR) is 94.3 cm³/mol. The van der Waals surface area contributed by atoms with E-state index in [0.29, 0.717) is 24.4 Å². The molecule has 1 aliphatic rings. The molecule has 0 saturated heterocycles. The van der Waals surface area contributed by atoms with Gasteiger partial charge < -0.3 is 9.88 Å². The van der Waals surface area contributed by atoms with E-state index in [1.54, 1.807) is 29.0 Å². The van der Waals surface area contributed by atoms with E-state index in [1.807, 2.05) is 18.2 Å². The van der Waals surface area contributed by atoms with Gasteiger partial charge in [0.2, 0.25) is 5.91 Å². The lowest BCUT2D eigenvalue weighted by molar-refractivity contribution is -0.130. The SMILES string of the molecule is CN1N=C(C(=O)Nc2ccc(Cn3ccccc3=O)cc2)CCC1=O. The van der Waals surface area contributed by atoms with Gasteiger partial charge in [-0.05, 0) is 23.8 Å². The minimum Gasteiger partial charge on any atom is -0.321 e. The second-order valence-corrected chi connectivity index (χ2v) is 5.78. The number of hydrogen-bond donors (Lipinski definition) is 1. The van der Waals surface area contributed by atoms with Crippen LogP contribution in [0.4, 0.5) is 5.69 Å². The van der Waals surface area contributed by atoms with E-state index < -0.39 is 0 Å². The number of hydrazone groups is 1. The average Bonchev–Trinajstić information content (AvgIpc) is 2.61. The molecule has 1 aromatic carbocycles. The molecule has 0 saturated carbocycles. The topological polar surface area (TPSA) is 83.8 Å². The molecule has 2 amide bonds. The maximum Gasteiger partial charge on any atom is 0.271 e. The molecule has 0 bridgehead atoms. The number of amides is 2. The smallest absolute Gasteiger partial charge is 0.271 e. The Hall–Kier alpha value is -3.22. The van der Waals surface area contributed by atoms with Crippen molar-refractivity contribution in [2.75, 3.05) is 12.4 Å². The quantitative estimate of drug-likeness (QED) is 0.916. The van der Waals surface area contributed by atoms with Crippen molar-refractivity contribution >= 4 is 23.2 Å². The molecule has 3 rings (SSSR count). The molecular formula is C18H18N4O3. The van der Waals surface area contributed by atoms with E-state index in [0.717, 1.165) is 5.56 Å². The molecule has 1 N–H and O–H groups in total. The zero-order valence-corrected chi connectivity index (χ0v) is 13.8. The highest BCUT2D eigenvalue weighted by atomic mass is 16.2. The first-order valence-corrected chi connectivity index (χ1v) is 7.93. The van der Waals surface area contributed by atoms with Gasteiger partial charge >= 0.3 is 0 Å². The second kappa shape index (κ2) is 7.12. The number of nitrogens with one attached hydrogen (secondary N) is 1. The highest BCUT2D eigenvalue weighted by molar-refractivity contribution is 6.43. The number of nitrogens with zero attached hydrogens (tertiary/aromatic N) is 3. The summed E-state index contributed by atoms with van der Waals surface area (Å²) in [5.74, 6) is -0.413. The normalized spacial score (nSPS) is 14.2. The Kier molecular flexibility index (Phi) is 4.74. The summed E-state index contributed by atoms with van der Waals surface area (Å²) >= 11 is 0. The van der Waals surface area contributed by atoms with Gasteiger partial charge in [0.1, 0.15) is 5.71 Å². The average molecular weight is 338 g/mol. The molecule has 7 nitrogen and oxygen atoms in total. The zero-order chi connectivity index (χ0) is 17.8. The van der Waals surface area contributed by atoms with Gasteiger partial charge in [0, 0.05) is 37.8 Å². The van der Waals surface area contributed by atoms with Crippen molar-refractivity contribution in [1.82, 2.24) is 9.58 Å². The minimum atomic E-state index is -0.314. The first-order chi connectivity index (χ1) is 12.0. The molecule has 0 fully saturated rings. The Morgan fingerprint density at radius 3 is 2.56 bits per heavy atom. The van der Waals surface area contributed by atoms with Crippen LogP contribution in [0.1, 0.15) is 18.4 Å². The van der Waals surface area contributed by atoms with Crippen LogP contribution >= 0.6 is 0 Å². The number of aromatic nitrogens is 1. The highest BCUT2D eigenvalue weighted by Gasteiger charge is 2.21. The maximum absolute atomic E-state index is 12.2. The third-order valence-electron chi connectivity index (χ3n) is 3.93. The van der Waals surface area contributed by atoms with Gasteiger partial charge in [0.15, 0.2) is 0 Å². The molecule has 0 radical (unpaired) electrons. The Balaban J connectivity index is 1.66. The third kappa shape index (κ3) is 4.00. The monoisotopic (exact) mass is 338 g/mol. The van der Waals surface area contributed by atoms with Gasteiger partial charge in [0.05, 0.1) is 6.54 Å². The van der Waals surface area contributed by atoms with Gasteiger partial charge in [-0.2, -0.15) is 5.10 Å². The lowest BCUT2D eigenvalue weighted by atomic mass is 10.1. The van der Waals surface area contributed by atoms with E-state index in [9.17, 15) is 14.4 Å². The maximum atomic E-state index is 12.2. The van der Waals surface area contributed by atoms with E-state index in [1.165, 1.54) is 18.1 Å². The summed E-state index contributed by atoms with van der Waals surface area (Å²) in [5.41, 5.74) is 1.86. The molecule has 2 heterocycles. The fourth-order valence-corrected chi connectivity index (χ4v) is 2.52. The summed E-state index contributed by atoms with van der Waals surface area (Å²) in [5, 5.41) is 7.96. The van der Waals surface area contributed by atoms with Gasteiger partial charge in [-0.25, -0.2) is 5.01 Å². The molecule has 2 aromatic rings. The van der Waals surface area contributed by atoms with Gasteiger partial charge in [-0.1, -0.05) is 18.2 Å². The highest BCUT2D eigenvalue weighted by Crippen LogP contribution is 2.13. The second-order valence-electron chi connectivity index (χ2n) is 5.78. The van der Waals surface area contributed by atoms with Crippen LogP contribution in [-0.4, -0.2) is 34.1 Å². The first kappa shape index (κ1) is 16.6. The molecule has 25 heavy (non-hydrogen) atoms. The lowest BCUT2D eigenvalue weighted by Crippen LogP contribution is -2.34. The van der Waals surface area contributed by atoms with Crippen molar-refractivity contribution in [3.05, 3.63) is 64.6 Å². The number of carbonyl (C=O) groups excluding carboxylic acids is 2. The Labute approximate surface area is 144 Å². The van der Waals surface area contributed by atoms with Crippen LogP contribution in [0.15, 0.2) is 58.6 Å². The van der Waals surface area contributed by atoms with Crippen molar-refractivity contribution in [1.29, 1.82) is 0 Å². The molecule has 0 spiro atoms. The number of benzene rings is 1. The first-order valence-electron chi connectivity index (χ1n) is 7.93. The van der Waals surface area contributed by atoms with Crippen LogP contribution in [0.5, 0.6) is 0 Å². The molecule has 7 heteroatoms. The van der Waals surface area contributed by atoms with Gasteiger partial charge in [0.25, 0.3) is 11.5 Å². The van der Waals surface area contributed by atoms with E-state index in [4.69, 9.17) is 0 Å². The van der Waals surface area contributed by atoms with Crippen molar-refractivity contribution in [2.24, 2.45) is 5.10 Å². The number of carbonyl (C=O) groups is 2. The summed E-state index contributed by atoms with van der Waals surface area (Å²) in [4.78, 5) is 35.3. The lowest BCUT2D eigenvalue weighted by Gasteiger charge is -2.18. The van der Waals surface area contributed by atoms with Crippen molar-refractivity contribution in [3.63, 3.8) is 0 Å². The predicted octanol–water partition coefficient (Wildman–Crippen LogP) is 1.44. The van der Waals surface area contributed by atoms with Gasteiger partial charge in [-0.15, -0.1) is 0 Å². The standard InChI is InChI=1S/C18H18N4O3/c1-21-16(23)10-9-15(20-21)18(25)19-14-7-5-13(6-8-14)12-22-11-3-2-4-17(22)24/h2-8,11H,9-10,12H2,1H3,(H,19,25). The number of anilines is 1. The van der Waals surface area contributed by atoms with Crippen LogP contribution < -0.4 is 10.9 Å². The summed E-state index contributed by atoms with van der Waals surface area (Å²) in [7, 11) is 1.54. The van der Waals surface area contributed by atoms with Crippen molar-refractivity contribution in [2.45, 2.75) is 19.4 Å². The molecule has 128 valence electrons. The summed E-state index contributed by atoms with van der Waals surface area (Å²) in [6.07, 6.45) is 2.36. The molecule has 0 aliphatic carbocycles. The number of hydrogen-bond acceptors (Lipinski definition) is 4. The van der Waals surface area contributed by atoms with E-state index >= 15 is 0 Å². The van der Waals surface area contributed by atoms with E-state index in [2.05, 4.69) is 10.4 Å². The fraction of sp³-hybridized carbons (Fsp3) is 0.222. The molecule has 1 aliphatic heterocycles. The van der Waals surface area contributed by atoms with Crippen LogP contribution in [0.25, 0.3) is 0 Å². The molecule has 0 unspecified atom stereocenters. The third-order valence-corrected chi connectivity index (χ3v) is 3.93. The van der Waals surface area contributed by atoms with Gasteiger partial charge in [-0.3, -0.25) is 14.4 Å². The van der Waals surface area contributed by atoms with E-state index in [-0.39, 0.29) is 23.8 Å². The largest absolute Gasteiger partial charge is 0.321 e. The Bertz CT molecular complexity index is 884. The minimum absolute atomic E-state index is 0.0612. The molecule has 0 atom stereocenters. The number of pyridine rings is 1. The van der Waals surface area contributed by atoms with Crippen LogP contribution in [0.2, 0.25) is 0 Å². The fourth-order valence-electron chi connectivity index (χ4n) is 2.52. The molecular weight excluding hydrogens is 320 g/mol. The number of rotatable bonds is 4. The van der Waals surface area contributed by atoms with Crippen LogP contribution in [0, 0.1) is 0 Å². The zero-order valence-electron chi connectivity index (χ0n) is 13.8. The summed E-state index contributed by atoms with van der Waals surface area (Å²) < 4.78 is 1.61.